The molecule has 1 amide bonds. The highest BCUT2D eigenvalue weighted by Crippen LogP contribution is 2.20. The molecule has 1 aromatic heterocycles. The molecule has 6 nitrogen and oxygen atoms in total. The van der Waals surface area contributed by atoms with E-state index in [0.717, 1.165) is 6.07 Å². The zero-order valence-corrected chi connectivity index (χ0v) is 14.6. The minimum Gasteiger partial charge on any atom is -0.440 e. The molecule has 0 atom stereocenters. The van der Waals surface area contributed by atoms with Crippen molar-refractivity contribution in [2.24, 2.45) is 0 Å². The van der Waals surface area contributed by atoms with Gasteiger partial charge in [-0.15, -0.1) is 0 Å². The van der Waals surface area contributed by atoms with Gasteiger partial charge in [0.25, 0.3) is 15.9 Å². The number of amides is 1. The topological polar surface area (TPSA) is 88.4 Å². The molecule has 0 aliphatic rings. The van der Waals surface area contributed by atoms with E-state index in [1.54, 1.807) is 0 Å². The molecule has 0 unspecified atom stereocenters. The van der Waals surface area contributed by atoms with Crippen LogP contribution in [-0.2, 0) is 10.0 Å². The standard InChI is InChI=1S/C17H12ClFN2O4S/c18-16-9-8-15(25-16)17(22)20-12-4-6-14(7-5-12)26(23,24)21-13-3-1-2-11(19)10-13/h1-10,21H,(H,20,22). The fourth-order valence-electron chi connectivity index (χ4n) is 2.11. The lowest BCUT2D eigenvalue weighted by Gasteiger charge is -2.09. The Morgan fingerprint density at radius 2 is 1.73 bits per heavy atom. The summed E-state index contributed by atoms with van der Waals surface area (Å²) in [7, 11) is -3.89. The normalized spacial score (nSPS) is 11.2. The second-order valence-electron chi connectivity index (χ2n) is 5.20. The average Bonchev–Trinajstić information content (AvgIpc) is 3.01. The predicted molar refractivity (Wildman–Crippen MR) is 95.3 cm³/mol. The Morgan fingerprint density at radius 1 is 1.00 bits per heavy atom. The highest BCUT2D eigenvalue weighted by molar-refractivity contribution is 7.92. The number of sulfonamides is 1. The van der Waals surface area contributed by atoms with Crippen molar-refractivity contribution in [1.82, 2.24) is 0 Å². The fraction of sp³-hybridized carbons (Fsp3) is 0. The number of benzene rings is 2. The Bertz CT molecular complexity index is 1050. The molecular weight excluding hydrogens is 383 g/mol. The third-order valence-corrected chi connectivity index (χ3v) is 4.90. The quantitative estimate of drug-likeness (QED) is 0.681. The summed E-state index contributed by atoms with van der Waals surface area (Å²) in [5.41, 5.74) is 0.476. The molecular formula is C17H12ClFN2O4S. The van der Waals surface area contributed by atoms with E-state index in [1.807, 2.05) is 0 Å². The zero-order valence-electron chi connectivity index (χ0n) is 13.1. The second kappa shape index (κ2) is 7.19. The van der Waals surface area contributed by atoms with Gasteiger partial charge in [0.15, 0.2) is 11.0 Å². The van der Waals surface area contributed by atoms with Crippen LogP contribution in [0.25, 0.3) is 0 Å². The van der Waals surface area contributed by atoms with Gasteiger partial charge in [0, 0.05) is 5.69 Å². The fourth-order valence-corrected chi connectivity index (χ4v) is 3.31. The van der Waals surface area contributed by atoms with Gasteiger partial charge in [-0.3, -0.25) is 9.52 Å². The van der Waals surface area contributed by atoms with E-state index in [9.17, 15) is 17.6 Å². The molecule has 0 fully saturated rings. The van der Waals surface area contributed by atoms with E-state index in [2.05, 4.69) is 10.0 Å². The Labute approximate surface area is 153 Å². The lowest BCUT2D eigenvalue weighted by Crippen LogP contribution is -2.14. The van der Waals surface area contributed by atoms with E-state index < -0.39 is 21.7 Å². The van der Waals surface area contributed by atoms with Crippen LogP contribution in [0.3, 0.4) is 0 Å². The molecule has 1 heterocycles. The summed E-state index contributed by atoms with van der Waals surface area (Å²) in [5.74, 6) is -1.05. The van der Waals surface area contributed by atoms with E-state index in [-0.39, 0.29) is 21.6 Å². The average molecular weight is 395 g/mol. The van der Waals surface area contributed by atoms with E-state index in [4.69, 9.17) is 16.0 Å². The van der Waals surface area contributed by atoms with E-state index in [0.29, 0.717) is 5.69 Å². The lowest BCUT2D eigenvalue weighted by molar-refractivity contribution is 0.0996. The number of hydrogen-bond donors (Lipinski definition) is 2. The summed E-state index contributed by atoms with van der Waals surface area (Å²) in [6, 6.07) is 13.4. The van der Waals surface area contributed by atoms with Crippen LogP contribution in [0.1, 0.15) is 10.6 Å². The molecule has 0 saturated heterocycles. The Hall–Kier alpha value is -2.84. The molecule has 0 aliphatic heterocycles. The van der Waals surface area contributed by atoms with Gasteiger partial charge >= 0.3 is 0 Å². The summed E-state index contributed by atoms with van der Waals surface area (Å²) in [6.45, 7) is 0. The minimum atomic E-state index is -3.89. The van der Waals surface area contributed by atoms with Crippen molar-refractivity contribution in [3.63, 3.8) is 0 Å². The van der Waals surface area contributed by atoms with Crippen LogP contribution < -0.4 is 10.0 Å². The second-order valence-corrected chi connectivity index (χ2v) is 7.25. The van der Waals surface area contributed by atoms with Crippen LogP contribution in [0.2, 0.25) is 5.22 Å². The molecule has 2 aromatic carbocycles. The Balaban J connectivity index is 1.73. The van der Waals surface area contributed by atoms with E-state index >= 15 is 0 Å². The lowest BCUT2D eigenvalue weighted by atomic mass is 10.3. The van der Waals surface area contributed by atoms with Crippen molar-refractivity contribution >= 4 is 38.9 Å². The highest BCUT2D eigenvalue weighted by Gasteiger charge is 2.15. The van der Waals surface area contributed by atoms with Crippen LogP contribution in [0, 0.1) is 5.82 Å². The first-order valence-corrected chi connectivity index (χ1v) is 9.15. The van der Waals surface area contributed by atoms with Crippen molar-refractivity contribution in [3.8, 4) is 0 Å². The molecule has 9 heteroatoms. The SMILES string of the molecule is O=C(Nc1ccc(S(=O)(=O)Nc2cccc(F)c2)cc1)c1ccc(Cl)o1. The predicted octanol–water partition coefficient (Wildman–Crippen LogP) is 4.13. The number of hydrogen-bond acceptors (Lipinski definition) is 4. The largest absolute Gasteiger partial charge is 0.440 e. The van der Waals surface area contributed by atoms with Crippen LogP contribution in [0.4, 0.5) is 15.8 Å². The molecule has 26 heavy (non-hydrogen) atoms. The van der Waals surface area contributed by atoms with Crippen LogP contribution in [0.5, 0.6) is 0 Å². The third-order valence-electron chi connectivity index (χ3n) is 3.30. The van der Waals surface area contributed by atoms with Gasteiger partial charge in [-0.1, -0.05) is 6.07 Å². The molecule has 2 N–H and O–H groups in total. The summed E-state index contributed by atoms with van der Waals surface area (Å²) in [5, 5.41) is 2.63. The molecule has 3 rings (SSSR count). The molecule has 3 aromatic rings. The maximum Gasteiger partial charge on any atom is 0.291 e. The highest BCUT2D eigenvalue weighted by atomic mass is 35.5. The number of anilines is 2. The van der Waals surface area contributed by atoms with Crippen molar-refractivity contribution in [2.75, 3.05) is 10.0 Å². The minimum absolute atomic E-state index is 0.0273. The number of halogens is 2. The van der Waals surface area contributed by atoms with Gasteiger partial charge in [0.1, 0.15) is 5.82 Å². The first kappa shape index (κ1) is 18.0. The van der Waals surface area contributed by atoms with Gasteiger partial charge < -0.3 is 9.73 Å². The summed E-state index contributed by atoms with van der Waals surface area (Å²) in [6.07, 6.45) is 0. The van der Waals surface area contributed by atoms with Gasteiger partial charge in [-0.05, 0) is 66.2 Å². The smallest absolute Gasteiger partial charge is 0.291 e. The number of rotatable bonds is 5. The van der Waals surface area contributed by atoms with Gasteiger partial charge in [-0.25, -0.2) is 12.8 Å². The van der Waals surface area contributed by atoms with Crippen molar-refractivity contribution in [3.05, 3.63) is 77.5 Å². The molecule has 0 spiro atoms. The van der Waals surface area contributed by atoms with Gasteiger partial charge in [-0.2, -0.15) is 0 Å². The first-order valence-electron chi connectivity index (χ1n) is 7.29. The molecule has 134 valence electrons. The first-order chi connectivity index (χ1) is 12.3. The number of carbonyl (C=O) groups is 1. The summed E-state index contributed by atoms with van der Waals surface area (Å²) >= 11 is 5.61. The molecule has 0 saturated carbocycles. The van der Waals surface area contributed by atoms with Crippen LogP contribution in [0.15, 0.2) is 70.0 Å². The Morgan fingerprint density at radius 3 is 2.35 bits per heavy atom. The monoisotopic (exact) mass is 394 g/mol. The molecule has 0 bridgehead atoms. The van der Waals surface area contributed by atoms with Gasteiger partial charge in [0.05, 0.1) is 10.6 Å². The summed E-state index contributed by atoms with van der Waals surface area (Å²) in [4.78, 5) is 11.9. The number of nitrogens with one attached hydrogen (secondary N) is 2. The number of carbonyl (C=O) groups excluding carboxylic acids is 1. The zero-order chi connectivity index (χ0) is 18.7. The maximum atomic E-state index is 13.2. The summed E-state index contributed by atoms with van der Waals surface area (Å²) < 4.78 is 45.1. The number of furan rings is 1. The van der Waals surface area contributed by atoms with E-state index in [1.165, 1.54) is 54.6 Å². The van der Waals surface area contributed by atoms with Crippen LogP contribution in [-0.4, -0.2) is 14.3 Å². The molecule has 0 aliphatic carbocycles. The third kappa shape index (κ3) is 4.22. The maximum absolute atomic E-state index is 13.2. The van der Waals surface area contributed by atoms with Crippen molar-refractivity contribution in [1.29, 1.82) is 0 Å². The Kier molecular flexibility index (Phi) is 4.97. The van der Waals surface area contributed by atoms with Crippen LogP contribution >= 0.6 is 11.6 Å². The van der Waals surface area contributed by atoms with Crippen molar-refractivity contribution < 1.29 is 22.0 Å². The van der Waals surface area contributed by atoms with Gasteiger partial charge in [0.2, 0.25) is 0 Å². The van der Waals surface area contributed by atoms with Crippen molar-refractivity contribution in [2.45, 2.75) is 4.90 Å². The molecule has 0 radical (unpaired) electrons.